The Bertz CT molecular complexity index is 286. The van der Waals surface area contributed by atoms with Crippen LogP contribution in [0.4, 0.5) is 0 Å². The predicted octanol–water partition coefficient (Wildman–Crippen LogP) is 2.94. The molecule has 0 spiro atoms. The highest BCUT2D eigenvalue weighted by molar-refractivity contribution is 5.26. The van der Waals surface area contributed by atoms with Crippen LogP contribution in [-0.4, -0.2) is 19.3 Å². The van der Waals surface area contributed by atoms with E-state index in [-0.39, 0.29) is 0 Å². The van der Waals surface area contributed by atoms with Crippen LogP contribution < -0.4 is 4.74 Å². The molecule has 0 N–H and O–H groups in total. The summed E-state index contributed by atoms with van der Waals surface area (Å²) in [5, 5.41) is 0. The molecule has 1 aliphatic rings. The topological polar surface area (TPSA) is 18.5 Å². The number of rotatable bonds is 4. The van der Waals surface area contributed by atoms with Gasteiger partial charge in [0.25, 0.3) is 0 Å². The molecule has 0 bridgehead atoms. The molecule has 1 fully saturated rings. The molecule has 1 saturated heterocycles. The quantitative estimate of drug-likeness (QED) is 0.754. The van der Waals surface area contributed by atoms with Crippen molar-refractivity contribution in [1.29, 1.82) is 0 Å². The van der Waals surface area contributed by atoms with Gasteiger partial charge in [-0.15, -0.1) is 0 Å². The summed E-state index contributed by atoms with van der Waals surface area (Å²) in [5.74, 6) is 0.957. The largest absolute Gasteiger partial charge is 0.493 e. The standard InChI is InChI=1S/C13H18O2/c1-11-4-6-13(7-5-11)15-10-8-12-3-2-9-14-12/h4-7,12H,2-3,8-10H2,1H3. The summed E-state index contributed by atoms with van der Waals surface area (Å²) in [4.78, 5) is 0. The van der Waals surface area contributed by atoms with Gasteiger partial charge in [0, 0.05) is 13.0 Å². The van der Waals surface area contributed by atoms with Crippen LogP contribution in [-0.2, 0) is 4.74 Å². The van der Waals surface area contributed by atoms with E-state index < -0.39 is 0 Å². The highest BCUT2D eigenvalue weighted by atomic mass is 16.5. The third kappa shape index (κ3) is 3.24. The molecule has 0 radical (unpaired) electrons. The van der Waals surface area contributed by atoms with Gasteiger partial charge in [-0.05, 0) is 31.9 Å². The van der Waals surface area contributed by atoms with E-state index in [1.54, 1.807) is 0 Å². The minimum atomic E-state index is 0.426. The molecule has 2 rings (SSSR count). The first-order chi connectivity index (χ1) is 7.34. The van der Waals surface area contributed by atoms with Gasteiger partial charge in [0.2, 0.25) is 0 Å². The molecule has 1 atom stereocenters. The molecule has 1 aromatic rings. The summed E-state index contributed by atoms with van der Waals surface area (Å²) in [6, 6.07) is 8.18. The van der Waals surface area contributed by atoms with E-state index in [2.05, 4.69) is 19.1 Å². The third-order valence-electron chi connectivity index (χ3n) is 2.75. The van der Waals surface area contributed by atoms with E-state index in [4.69, 9.17) is 9.47 Å². The normalized spacial score (nSPS) is 20.5. The molecule has 1 heterocycles. The van der Waals surface area contributed by atoms with E-state index in [9.17, 15) is 0 Å². The van der Waals surface area contributed by atoms with Crippen molar-refractivity contribution in [2.24, 2.45) is 0 Å². The maximum Gasteiger partial charge on any atom is 0.119 e. The van der Waals surface area contributed by atoms with Crippen LogP contribution in [0.2, 0.25) is 0 Å². The van der Waals surface area contributed by atoms with Gasteiger partial charge in [0.15, 0.2) is 0 Å². The second kappa shape index (κ2) is 5.17. The lowest BCUT2D eigenvalue weighted by Gasteiger charge is -2.10. The van der Waals surface area contributed by atoms with Crippen molar-refractivity contribution in [3.05, 3.63) is 29.8 Å². The van der Waals surface area contributed by atoms with E-state index in [0.29, 0.717) is 6.10 Å². The van der Waals surface area contributed by atoms with E-state index in [1.165, 1.54) is 18.4 Å². The van der Waals surface area contributed by atoms with Crippen molar-refractivity contribution >= 4 is 0 Å². The SMILES string of the molecule is Cc1ccc(OCCC2CCCO2)cc1. The number of aryl methyl sites for hydroxylation is 1. The van der Waals surface area contributed by atoms with Gasteiger partial charge in [-0.2, -0.15) is 0 Å². The molecule has 2 nitrogen and oxygen atoms in total. The molecule has 0 aromatic heterocycles. The molecule has 1 aromatic carbocycles. The van der Waals surface area contributed by atoms with Crippen molar-refractivity contribution in [2.75, 3.05) is 13.2 Å². The van der Waals surface area contributed by atoms with Gasteiger partial charge in [-0.1, -0.05) is 17.7 Å². The molecular weight excluding hydrogens is 188 g/mol. The van der Waals surface area contributed by atoms with Crippen LogP contribution in [0.1, 0.15) is 24.8 Å². The van der Waals surface area contributed by atoms with Crippen molar-refractivity contribution < 1.29 is 9.47 Å². The van der Waals surface area contributed by atoms with Crippen molar-refractivity contribution in [2.45, 2.75) is 32.3 Å². The first kappa shape index (κ1) is 10.5. The Balaban J connectivity index is 1.71. The maximum atomic E-state index is 5.64. The lowest BCUT2D eigenvalue weighted by atomic mass is 10.2. The van der Waals surface area contributed by atoms with Crippen LogP contribution in [0.15, 0.2) is 24.3 Å². The Morgan fingerprint density at radius 2 is 2.13 bits per heavy atom. The van der Waals surface area contributed by atoms with Gasteiger partial charge in [0.05, 0.1) is 12.7 Å². The molecule has 0 saturated carbocycles. The zero-order valence-electron chi connectivity index (χ0n) is 9.24. The molecular formula is C13H18O2. The number of ether oxygens (including phenoxy) is 2. The molecule has 1 aliphatic heterocycles. The first-order valence-electron chi connectivity index (χ1n) is 5.66. The summed E-state index contributed by atoms with van der Waals surface area (Å²) in [7, 11) is 0. The number of hydrogen-bond donors (Lipinski definition) is 0. The van der Waals surface area contributed by atoms with Gasteiger partial charge in [-0.25, -0.2) is 0 Å². The second-order valence-electron chi connectivity index (χ2n) is 4.09. The molecule has 2 heteroatoms. The fourth-order valence-corrected chi connectivity index (χ4v) is 1.81. The summed E-state index contributed by atoms with van der Waals surface area (Å²) < 4.78 is 11.2. The highest BCUT2D eigenvalue weighted by Gasteiger charge is 2.14. The Morgan fingerprint density at radius 1 is 1.33 bits per heavy atom. The van der Waals surface area contributed by atoms with Crippen LogP contribution in [0.25, 0.3) is 0 Å². The molecule has 0 amide bonds. The lowest BCUT2D eigenvalue weighted by Crippen LogP contribution is -2.10. The van der Waals surface area contributed by atoms with Gasteiger partial charge in [-0.3, -0.25) is 0 Å². The van der Waals surface area contributed by atoms with E-state index in [0.717, 1.165) is 25.4 Å². The number of benzene rings is 1. The molecule has 15 heavy (non-hydrogen) atoms. The minimum Gasteiger partial charge on any atom is -0.493 e. The maximum absolute atomic E-state index is 5.64. The Hall–Kier alpha value is -1.02. The monoisotopic (exact) mass is 206 g/mol. The summed E-state index contributed by atoms with van der Waals surface area (Å²) in [5.41, 5.74) is 1.27. The van der Waals surface area contributed by atoms with Gasteiger partial charge < -0.3 is 9.47 Å². The number of hydrogen-bond acceptors (Lipinski definition) is 2. The molecule has 82 valence electrons. The average Bonchev–Trinajstić information content (AvgIpc) is 2.74. The zero-order chi connectivity index (χ0) is 10.5. The van der Waals surface area contributed by atoms with Crippen LogP contribution in [0, 0.1) is 6.92 Å². The summed E-state index contributed by atoms with van der Waals surface area (Å²) >= 11 is 0. The van der Waals surface area contributed by atoms with E-state index >= 15 is 0 Å². The minimum absolute atomic E-state index is 0.426. The lowest BCUT2D eigenvalue weighted by molar-refractivity contribution is 0.0903. The van der Waals surface area contributed by atoms with Crippen molar-refractivity contribution in [3.63, 3.8) is 0 Å². The first-order valence-corrected chi connectivity index (χ1v) is 5.66. The molecule has 0 aliphatic carbocycles. The third-order valence-corrected chi connectivity index (χ3v) is 2.75. The smallest absolute Gasteiger partial charge is 0.119 e. The Labute approximate surface area is 91.2 Å². The van der Waals surface area contributed by atoms with Crippen LogP contribution >= 0.6 is 0 Å². The Morgan fingerprint density at radius 3 is 2.80 bits per heavy atom. The van der Waals surface area contributed by atoms with E-state index in [1.807, 2.05) is 12.1 Å². The fourth-order valence-electron chi connectivity index (χ4n) is 1.81. The average molecular weight is 206 g/mol. The van der Waals surface area contributed by atoms with Gasteiger partial charge >= 0.3 is 0 Å². The highest BCUT2D eigenvalue weighted by Crippen LogP contribution is 2.16. The van der Waals surface area contributed by atoms with Crippen molar-refractivity contribution in [1.82, 2.24) is 0 Å². The van der Waals surface area contributed by atoms with Gasteiger partial charge in [0.1, 0.15) is 5.75 Å². The Kier molecular flexibility index (Phi) is 3.62. The van der Waals surface area contributed by atoms with Crippen molar-refractivity contribution in [3.8, 4) is 5.75 Å². The second-order valence-corrected chi connectivity index (χ2v) is 4.09. The fraction of sp³-hybridized carbons (Fsp3) is 0.538. The van der Waals surface area contributed by atoms with Crippen LogP contribution in [0.3, 0.4) is 0 Å². The zero-order valence-corrected chi connectivity index (χ0v) is 9.24. The van der Waals surface area contributed by atoms with Crippen LogP contribution in [0.5, 0.6) is 5.75 Å². The predicted molar refractivity (Wildman–Crippen MR) is 60.3 cm³/mol. The molecule has 1 unspecified atom stereocenters. The summed E-state index contributed by atoms with van der Waals surface area (Å²) in [6.45, 7) is 3.76. The summed E-state index contributed by atoms with van der Waals surface area (Å²) in [6.07, 6.45) is 3.83.